The van der Waals surface area contributed by atoms with Crippen molar-refractivity contribution in [1.82, 2.24) is 0 Å². The van der Waals surface area contributed by atoms with Crippen molar-refractivity contribution in [1.29, 1.82) is 0 Å². The highest BCUT2D eigenvalue weighted by Crippen LogP contribution is 2.26. The number of carbonyl (C=O) groups excluding carboxylic acids is 2. The van der Waals surface area contributed by atoms with Gasteiger partial charge in [-0.15, -0.1) is 0 Å². The summed E-state index contributed by atoms with van der Waals surface area (Å²) in [5.74, 6) is -1.86. The Labute approximate surface area is 132 Å². The highest BCUT2D eigenvalue weighted by molar-refractivity contribution is 9.10. The molecule has 0 aromatic heterocycles. The van der Waals surface area contributed by atoms with Gasteiger partial charge in [0.2, 0.25) is 0 Å². The summed E-state index contributed by atoms with van der Waals surface area (Å²) in [6, 6.07) is 9.36. The predicted octanol–water partition coefficient (Wildman–Crippen LogP) is 1.97. The predicted molar refractivity (Wildman–Crippen MR) is 79.5 cm³/mol. The lowest BCUT2D eigenvalue weighted by Gasteiger charge is -2.07. The second kappa shape index (κ2) is 6.35. The molecule has 0 fully saturated rings. The molecular formula is C14H8BrN2O5-. The molecule has 8 heteroatoms. The van der Waals surface area contributed by atoms with Gasteiger partial charge in [0.1, 0.15) is 0 Å². The van der Waals surface area contributed by atoms with Gasteiger partial charge < -0.3 is 15.2 Å². The number of carboxylic acid groups (broad SMARTS) is 1. The highest BCUT2D eigenvalue weighted by atomic mass is 79.9. The van der Waals surface area contributed by atoms with Crippen LogP contribution in [0, 0.1) is 10.1 Å². The lowest BCUT2D eigenvalue weighted by Crippen LogP contribution is -2.22. The van der Waals surface area contributed by atoms with Gasteiger partial charge in [-0.05, 0) is 45.8 Å². The standard InChI is InChI=1S/C14H9BrN2O5/c15-11-6-3-9(7-12(11)17(21)22)13(18)16-10-4-1-8(2-5-10)14(19)20/h1-7H,(H,16,18)(H,19,20)/p-1. The maximum atomic E-state index is 12.0. The van der Waals surface area contributed by atoms with Crippen molar-refractivity contribution in [3.05, 3.63) is 68.2 Å². The molecule has 0 aliphatic carbocycles. The number of rotatable bonds is 4. The van der Waals surface area contributed by atoms with Crippen LogP contribution in [-0.2, 0) is 0 Å². The third kappa shape index (κ3) is 3.47. The molecule has 0 unspecified atom stereocenters. The fourth-order valence-corrected chi connectivity index (χ4v) is 2.08. The molecule has 0 radical (unpaired) electrons. The molecule has 0 spiro atoms. The molecule has 1 N–H and O–H groups in total. The molecule has 2 aromatic carbocycles. The summed E-state index contributed by atoms with van der Waals surface area (Å²) in [5.41, 5.74) is 0.233. The number of amides is 1. The fourth-order valence-electron chi connectivity index (χ4n) is 1.69. The fraction of sp³-hybridized carbons (Fsp3) is 0. The number of nitrogens with one attached hydrogen (secondary N) is 1. The molecule has 2 rings (SSSR count). The number of anilines is 1. The smallest absolute Gasteiger partial charge is 0.284 e. The average molecular weight is 364 g/mol. The van der Waals surface area contributed by atoms with Crippen LogP contribution in [0.25, 0.3) is 0 Å². The van der Waals surface area contributed by atoms with Gasteiger partial charge in [-0.25, -0.2) is 0 Å². The number of hydrogen-bond acceptors (Lipinski definition) is 5. The third-order valence-electron chi connectivity index (χ3n) is 2.78. The summed E-state index contributed by atoms with van der Waals surface area (Å²) >= 11 is 3.03. The Balaban J connectivity index is 2.20. The van der Waals surface area contributed by atoms with Gasteiger partial charge in [-0.2, -0.15) is 0 Å². The molecule has 0 aliphatic heterocycles. The molecular weight excluding hydrogens is 356 g/mol. The number of nitro groups is 1. The Morgan fingerprint density at radius 2 is 1.64 bits per heavy atom. The molecule has 7 nitrogen and oxygen atoms in total. The zero-order valence-corrected chi connectivity index (χ0v) is 12.5. The van der Waals surface area contributed by atoms with Crippen LogP contribution < -0.4 is 10.4 Å². The molecule has 0 saturated heterocycles. The first-order valence-corrected chi connectivity index (χ1v) is 6.74. The molecule has 0 bridgehead atoms. The molecule has 22 heavy (non-hydrogen) atoms. The van der Waals surface area contributed by atoms with Crippen molar-refractivity contribution >= 4 is 39.2 Å². The molecule has 2 aromatic rings. The van der Waals surface area contributed by atoms with E-state index in [1.54, 1.807) is 0 Å². The van der Waals surface area contributed by atoms with E-state index < -0.39 is 16.8 Å². The van der Waals surface area contributed by atoms with Crippen molar-refractivity contribution in [2.24, 2.45) is 0 Å². The minimum Gasteiger partial charge on any atom is -0.545 e. The first kappa shape index (κ1) is 15.6. The van der Waals surface area contributed by atoms with Crippen molar-refractivity contribution in [2.75, 3.05) is 5.32 Å². The van der Waals surface area contributed by atoms with Crippen LogP contribution >= 0.6 is 15.9 Å². The van der Waals surface area contributed by atoms with Crippen LogP contribution in [0.1, 0.15) is 20.7 Å². The van der Waals surface area contributed by atoms with Gasteiger partial charge in [0.05, 0.1) is 15.4 Å². The van der Waals surface area contributed by atoms with Crippen molar-refractivity contribution in [3.8, 4) is 0 Å². The Morgan fingerprint density at radius 3 is 2.18 bits per heavy atom. The van der Waals surface area contributed by atoms with E-state index in [0.717, 1.165) is 6.07 Å². The normalized spacial score (nSPS) is 10.0. The van der Waals surface area contributed by atoms with E-state index in [4.69, 9.17) is 0 Å². The van der Waals surface area contributed by atoms with E-state index in [0.29, 0.717) is 5.69 Å². The number of carboxylic acids is 1. The topological polar surface area (TPSA) is 112 Å². The first-order valence-electron chi connectivity index (χ1n) is 5.95. The van der Waals surface area contributed by atoms with Crippen LogP contribution in [0.15, 0.2) is 46.9 Å². The Morgan fingerprint density at radius 1 is 1.05 bits per heavy atom. The van der Waals surface area contributed by atoms with E-state index in [9.17, 15) is 24.8 Å². The van der Waals surface area contributed by atoms with Crippen LogP contribution in [0.4, 0.5) is 11.4 Å². The Hall–Kier alpha value is -2.74. The van der Waals surface area contributed by atoms with E-state index >= 15 is 0 Å². The highest BCUT2D eigenvalue weighted by Gasteiger charge is 2.16. The zero-order chi connectivity index (χ0) is 16.3. The lowest BCUT2D eigenvalue weighted by atomic mass is 10.1. The number of hydrogen-bond donors (Lipinski definition) is 1. The largest absolute Gasteiger partial charge is 0.545 e. The number of nitro benzene ring substituents is 1. The monoisotopic (exact) mass is 363 g/mol. The summed E-state index contributed by atoms with van der Waals surface area (Å²) < 4.78 is 0.271. The Kier molecular flexibility index (Phi) is 4.52. The summed E-state index contributed by atoms with van der Waals surface area (Å²) in [6.45, 7) is 0. The first-order chi connectivity index (χ1) is 10.4. The second-order valence-corrected chi connectivity index (χ2v) is 5.10. The summed E-state index contributed by atoms with van der Waals surface area (Å²) in [5, 5.41) is 24.0. The van der Waals surface area contributed by atoms with Crippen molar-refractivity contribution < 1.29 is 19.6 Å². The summed E-state index contributed by atoms with van der Waals surface area (Å²) in [4.78, 5) is 32.9. The molecule has 112 valence electrons. The molecule has 0 heterocycles. The van der Waals surface area contributed by atoms with Crippen LogP contribution in [0.5, 0.6) is 0 Å². The van der Waals surface area contributed by atoms with Crippen LogP contribution in [0.2, 0.25) is 0 Å². The van der Waals surface area contributed by atoms with Crippen LogP contribution in [0.3, 0.4) is 0 Å². The van der Waals surface area contributed by atoms with E-state index in [1.165, 1.54) is 36.4 Å². The van der Waals surface area contributed by atoms with E-state index in [1.807, 2.05) is 0 Å². The van der Waals surface area contributed by atoms with Crippen molar-refractivity contribution in [2.45, 2.75) is 0 Å². The van der Waals surface area contributed by atoms with E-state index in [2.05, 4.69) is 21.2 Å². The van der Waals surface area contributed by atoms with Gasteiger partial charge in [0.25, 0.3) is 11.6 Å². The molecule has 0 aliphatic rings. The number of nitrogens with zero attached hydrogens (tertiary/aromatic N) is 1. The molecule has 0 atom stereocenters. The summed E-state index contributed by atoms with van der Waals surface area (Å²) in [7, 11) is 0. The quantitative estimate of drug-likeness (QED) is 0.658. The minimum absolute atomic E-state index is 0.0164. The number of carbonyl (C=O) groups is 2. The van der Waals surface area contributed by atoms with Gasteiger partial charge in [-0.1, -0.05) is 12.1 Å². The third-order valence-corrected chi connectivity index (χ3v) is 3.45. The lowest BCUT2D eigenvalue weighted by molar-refractivity contribution is -0.385. The zero-order valence-electron chi connectivity index (χ0n) is 10.9. The average Bonchev–Trinajstić information content (AvgIpc) is 2.47. The maximum Gasteiger partial charge on any atom is 0.284 e. The maximum absolute atomic E-state index is 12.0. The minimum atomic E-state index is -1.32. The van der Waals surface area contributed by atoms with Gasteiger partial charge in [0.15, 0.2) is 0 Å². The van der Waals surface area contributed by atoms with Gasteiger partial charge in [-0.3, -0.25) is 14.9 Å². The van der Waals surface area contributed by atoms with Crippen molar-refractivity contribution in [3.63, 3.8) is 0 Å². The Bertz CT molecular complexity index is 758. The second-order valence-electron chi connectivity index (χ2n) is 4.24. The van der Waals surface area contributed by atoms with Crippen LogP contribution in [-0.4, -0.2) is 16.8 Å². The van der Waals surface area contributed by atoms with Gasteiger partial charge >= 0.3 is 0 Å². The number of aromatic carboxylic acids is 1. The number of benzene rings is 2. The molecule has 1 amide bonds. The molecule has 0 saturated carbocycles. The number of halogens is 1. The SMILES string of the molecule is O=C([O-])c1ccc(NC(=O)c2ccc(Br)c([N+](=O)[O-])c2)cc1. The summed E-state index contributed by atoms with van der Waals surface area (Å²) in [6.07, 6.45) is 0. The van der Waals surface area contributed by atoms with E-state index in [-0.39, 0.29) is 21.3 Å². The van der Waals surface area contributed by atoms with Gasteiger partial charge in [0, 0.05) is 17.3 Å².